The van der Waals surface area contributed by atoms with Gasteiger partial charge >= 0.3 is 0 Å². The summed E-state index contributed by atoms with van der Waals surface area (Å²) in [7, 11) is 0. The summed E-state index contributed by atoms with van der Waals surface area (Å²) in [4.78, 5) is 30.0. The van der Waals surface area contributed by atoms with Crippen LogP contribution in [0.25, 0.3) is 0 Å². The van der Waals surface area contributed by atoms with Crippen molar-refractivity contribution in [3.8, 4) is 0 Å². The molecule has 1 aromatic heterocycles. The van der Waals surface area contributed by atoms with E-state index in [1.54, 1.807) is 24.5 Å². The Hall–Kier alpha value is -2.69. The van der Waals surface area contributed by atoms with Crippen molar-refractivity contribution in [3.05, 3.63) is 66.0 Å². The Labute approximate surface area is 141 Å². The van der Waals surface area contributed by atoms with E-state index >= 15 is 0 Å². The molecular weight excluding hydrogens is 302 g/mol. The van der Waals surface area contributed by atoms with Crippen LogP contribution >= 0.6 is 0 Å². The molecule has 0 unspecified atom stereocenters. The Morgan fingerprint density at radius 3 is 2.67 bits per heavy atom. The van der Waals surface area contributed by atoms with E-state index in [9.17, 15) is 9.59 Å². The van der Waals surface area contributed by atoms with Gasteiger partial charge in [0.15, 0.2) is 0 Å². The molecule has 1 aromatic carbocycles. The lowest BCUT2D eigenvalue weighted by Crippen LogP contribution is -2.37. The molecule has 2 aromatic rings. The van der Waals surface area contributed by atoms with Crippen molar-refractivity contribution in [3.63, 3.8) is 0 Å². The number of hydrogen-bond acceptors (Lipinski definition) is 3. The molecule has 1 saturated heterocycles. The Bertz CT molecular complexity index is 688. The molecule has 1 aliphatic heterocycles. The lowest BCUT2D eigenvalue weighted by molar-refractivity contribution is -0.127. The first-order valence-electron chi connectivity index (χ1n) is 8.25. The number of nitrogens with one attached hydrogen (secondary N) is 1. The van der Waals surface area contributed by atoms with E-state index in [4.69, 9.17) is 0 Å². The lowest BCUT2D eigenvalue weighted by atomic mass is 10.1. The molecule has 5 nitrogen and oxygen atoms in total. The van der Waals surface area contributed by atoms with Crippen LogP contribution in [0.3, 0.4) is 0 Å². The fourth-order valence-electron chi connectivity index (χ4n) is 2.98. The average Bonchev–Trinajstić information content (AvgIpc) is 2.96. The first-order chi connectivity index (χ1) is 11.7. The first kappa shape index (κ1) is 16.2. The molecule has 2 heterocycles. The second kappa shape index (κ2) is 7.73. The number of carbonyl (C=O) groups is 2. The number of aromatic nitrogens is 1. The number of hydrogen-bond donors (Lipinski definition) is 1. The highest BCUT2D eigenvalue weighted by Crippen LogP contribution is 2.13. The zero-order valence-corrected chi connectivity index (χ0v) is 13.5. The third-order valence-corrected chi connectivity index (χ3v) is 4.23. The molecule has 124 valence electrons. The molecule has 0 radical (unpaired) electrons. The van der Waals surface area contributed by atoms with Crippen LogP contribution in [-0.2, 0) is 11.2 Å². The second-order valence-electron chi connectivity index (χ2n) is 6.04. The predicted octanol–water partition coefficient (Wildman–Crippen LogP) is 2.05. The number of aryl methyl sites for hydroxylation is 1. The summed E-state index contributed by atoms with van der Waals surface area (Å²) in [5.74, 6) is -0.0376. The Balaban J connectivity index is 1.46. The number of pyridine rings is 1. The van der Waals surface area contributed by atoms with Crippen molar-refractivity contribution in [2.45, 2.75) is 25.3 Å². The van der Waals surface area contributed by atoms with Crippen molar-refractivity contribution in [2.75, 3.05) is 13.1 Å². The topological polar surface area (TPSA) is 62.3 Å². The monoisotopic (exact) mass is 323 g/mol. The van der Waals surface area contributed by atoms with Gasteiger partial charge < -0.3 is 10.2 Å². The van der Waals surface area contributed by atoms with Crippen LogP contribution in [0, 0.1) is 0 Å². The van der Waals surface area contributed by atoms with E-state index in [-0.39, 0.29) is 17.9 Å². The SMILES string of the molecule is O=C(N[C@H]1CC(=O)N(CCCc2ccccc2)C1)c1ccncc1. The van der Waals surface area contributed by atoms with E-state index in [0.717, 1.165) is 19.4 Å². The van der Waals surface area contributed by atoms with Crippen LogP contribution in [0.2, 0.25) is 0 Å². The van der Waals surface area contributed by atoms with Gasteiger partial charge in [0.25, 0.3) is 5.91 Å². The normalized spacial score (nSPS) is 17.1. The quantitative estimate of drug-likeness (QED) is 0.885. The van der Waals surface area contributed by atoms with E-state index < -0.39 is 0 Å². The van der Waals surface area contributed by atoms with Gasteiger partial charge in [0.2, 0.25) is 5.91 Å². The van der Waals surface area contributed by atoms with Crippen LogP contribution in [0.4, 0.5) is 0 Å². The van der Waals surface area contributed by atoms with E-state index in [1.165, 1.54) is 5.56 Å². The Morgan fingerprint density at radius 1 is 1.17 bits per heavy atom. The minimum atomic E-state index is -0.152. The molecular formula is C19H21N3O2. The molecule has 2 amide bonds. The molecule has 0 aliphatic carbocycles. The summed E-state index contributed by atoms with van der Waals surface area (Å²) >= 11 is 0. The summed E-state index contributed by atoms with van der Waals surface area (Å²) in [6.07, 6.45) is 5.44. The molecule has 1 aliphatic rings. The van der Waals surface area contributed by atoms with Crippen molar-refractivity contribution < 1.29 is 9.59 Å². The molecule has 1 N–H and O–H groups in total. The van der Waals surface area contributed by atoms with Crippen LogP contribution in [0.5, 0.6) is 0 Å². The van der Waals surface area contributed by atoms with Gasteiger partial charge in [0.05, 0.1) is 6.04 Å². The highest BCUT2D eigenvalue weighted by molar-refractivity contribution is 5.94. The summed E-state index contributed by atoms with van der Waals surface area (Å²) in [6.45, 7) is 1.32. The fourth-order valence-corrected chi connectivity index (χ4v) is 2.98. The zero-order chi connectivity index (χ0) is 16.8. The van der Waals surface area contributed by atoms with Gasteiger partial charge in [-0.05, 0) is 30.5 Å². The molecule has 24 heavy (non-hydrogen) atoms. The van der Waals surface area contributed by atoms with Gasteiger partial charge in [0, 0.05) is 37.5 Å². The van der Waals surface area contributed by atoms with Crippen molar-refractivity contribution >= 4 is 11.8 Å². The average molecular weight is 323 g/mol. The second-order valence-corrected chi connectivity index (χ2v) is 6.04. The number of amides is 2. The molecule has 3 rings (SSSR count). The van der Waals surface area contributed by atoms with E-state index in [0.29, 0.717) is 18.5 Å². The van der Waals surface area contributed by atoms with Gasteiger partial charge in [-0.1, -0.05) is 30.3 Å². The van der Waals surface area contributed by atoms with Gasteiger partial charge in [-0.2, -0.15) is 0 Å². The van der Waals surface area contributed by atoms with Crippen LogP contribution < -0.4 is 5.32 Å². The minimum absolute atomic E-state index is 0.114. The van der Waals surface area contributed by atoms with Crippen LogP contribution in [-0.4, -0.2) is 40.8 Å². The Kier molecular flexibility index (Phi) is 5.21. The fraction of sp³-hybridized carbons (Fsp3) is 0.316. The number of carbonyl (C=O) groups excluding carboxylic acids is 2. The van der Waals surface area contributed by atoms with Crippen molar-refractivity contribution in [1.82, 2.24) is 15.2 Å². The number of likely N-dealkylation sites (tertiary alicyclic amines) is 1. The molecule has 1 atom stereocenters. The Morgan fingerprint density at radius 2 is 1.92 bits per heavy atom. The summed E-state index contributed by atoms with van der Waals surface area (Å²) in [6, 6.07) is 13.5. The first-order valence-corrected chi connectivity index (χ1v) is 8.25. The van der Waals surface area contributed by atoms with E-state index in [1.807, 2.05) is 23.1 Å². The van der Waals surface area contributed by atoms with Crippen LogP contribution in [0.15, 0.2) is 54.9 Å². The van der Waals surface area contributed by atoms with Gasteiger partial charge in [-0.3, -0.25) is 14.6 Å². The third-order valence-electron chi connectivity index (χ3n) is 4.23. The maximum absolute atomic E-state index is 12.1. The van der Waals surface area contributed by atoms with Crippen molar-refractivity contribution in [1.29, 1.82) is 0 Å². The maximum Gasteiger partial charge on any atom is 0.251 e. The molecule has 5 heteroatoms. The highest BCUT2D eigenvalue weighted by Gasteiger charge is 2.30. The number of benzene rings is 1. The third kappa shape index (κ3) is 4.19. The maximum atomic E-state index is 12.1. The number of rotatable bonds is 6. The summed E-state index contributed by atoms with van der Waals surface area (Å²) in [5.41, 5.74) is 1.85. The van der Waals surface area contributed by atoms with Gasteiger partial charge in [0.1, 0.15) is 0 Å². The minimum Gasteiger partial charge on any atom is -0.347 e. The van der Waals surface area contributed by atoms with E-state index in [2.05, 4.69) is 22.4 Å². The molecule has 0 spiro atoms. The largest absolute Gasteiger partial charge is 0.347 e. The summed E-state index contributed by atoms with van der Waals surface area (Å²) in [5, 5.41) is 2.93. The van der Waals surface area contributed by atoms with Crippen molar-refractivity contribution in [2.24, 2.45) is 0 Å². The van der Waals surface area contributed by atoms with Crippen LogP contribution in [0.1, 0.15) is 28.8 Å². The molecule has 0 saturated carbocycles. The van der Waals surface area contributed by atoms with Gasteiger partial charge in [-0.25, -0.2) is 0 Å². The highest BCUT2D eigenvalue weighted by atomic mass is 16.2. The zero-order valence-electron chi connectivity index (χ0n) is 13.5. The lowest BCUT2D eigenvalue weighted by Gasteiger charge is -2.17. The summed E-state index contributed by atoms with van der Waals surface area (Å²) < 4.78 is 0. The van der Waals surface area contributed by atoms with Gasteiger partial charge in [-0.15, -0.1) is 0 Å². The predicted molar refractivity (Wildman–Crippen MR) is 91.5 cm³/mol. The number of nitrogens with zero attached hydrogens (tertiary/aromatic N) is 2. The smallest absolute Gasteiger partial charge is 0.251 e. The standard InChI is InChI=1S/C19H21N3O2/c23-18-13-17(21-19(24)16-8-10-20-11-9-16)14-22(18)12-4-7-15-5-2-1-3-6-15/h1-3,5-6,8-11,17H,4,7,12-14H2,(H,21,24)/t17-/m0/s1. The molecule has 1 fully saturated rings. The molecule has 0 bridgehead atoms.